The van der Waals surface area contributed by atoms with Crippen molar-refractivity contribution >= 4 is 16.9 Å². The maximum atomic E-state index is 13.0. The summed E-state index contributed by atoms with van der Waals surface area (Å²) in [5.74, 6) is 0.0583. The summed E-state index contributed by atoms with van der Waals surface area (Å²) >= 11 is 0. The van der Waals surface area contributed by atoms with Crippen LogP contribution < -0.4 is 0 Å². The van der Waals surface area contributed by atoms with Gasteiger partial charge in [-0.2, -0.15) is 0 Å². The Kier molecular flexibility index (Phi) is 4.91. The molecule has 5 heteroatoms. The number of amides is 1. The van der Waals surface area contributed by atoms with E-state index in [0.717, 1.165) is 10.9 Å². The number of furan rings is 1. The van der Waals surface area contributed by atoms with Crippen LogP contribution >= 0.6 is 0 Å². The van der Waals surface area contributed by atoms with Gasteiger partial charge in [0.15, 0.2) is 5.76 Å². The van der Waals surface area contributed by atoms with Gasteiger partial charge in [-0.1, -0.05) is 31.2 Å². The van der Waals surface area contributed by atoms with E-state index in [4.69, 9.17) is 4.42 Å². The Morgan fingerprint density at radius 1 is 1.29 bits per heavy atom. The van der Waals surface area contributed by atoms with Gasteiger partial charge in [0, 0.05) is 24.3 Å². The van der Waals surface area contributed by atoms with Crippen molar-refractivity contribution in [3.8, 4) is 0 Å². The summed E-state index contributed by atoms with van der Waals surface area (Å²) in [6.45, 7) is 2.23. The smallest absolute Gasteiger partial charge is 0.290 e. The highest BCUT2D eigenvalue weighted by Crippen LogP contribution is 2.22. The highest BCUT2D eigenvalue weighted by molar-refractivity contribution is 5.96. The number of carbonyl (C=O) groups excluding carboxylic acids is 1. The third-order valence-corrected chi connectivity index (χ3v) is 4.10. The number of nitrogens with zero attached hydrogens (tertiary/aromatic N) is 2. The summed E-state index contributed by atoms with van der Waals surface area (Å²) in [5.41, 5.74) is 1.59. The summed E-state index contributed by atoms with van der Waals surface area (Å²) in [4.78, 5) is 18.7. The van der Waals surface area contributed by atoms with E-state index in [2.05, 4.69) is 4.98 Å². The van der Waals surface area contributed by atoms with Crippen LogP contribution in [0, 0.1) is 0 Å². The number of hydrogen-bond acceptors (Lipinski definition) is 4. The van der Waals surface area contributed by atoms with Crippen molar-refractivity contribution in [2.45, 2.75) is 25.9 Å². The molecule has 0 fully saturated rings. The normalized spacial score (nSPS) is 12.2. The number of aliphatic hydroxyl groups is 1. The molecule has 2 aromatic heterocycles. The monoisotopic (exact) mass is 324 g/mol. The van der Waals surface area contributed by atoms with E-state index in [1.165, 1.54) is 0 Å². The Hall–Kier alpha value is -2.66. The van der Waals surface area contributed by atoms with Crippen LogP contribution in [-0.4, -0.2) is 33.5 Å². The van der Waals surface area contributed by atoms with Crippen LogP contribution in [0.15, 0.2) is 59.3 Å². The summed E-state index contributed by atoms with van der Waals surface area (Å²) in [6, 6.07) is 12.7. The zero-order chi connectivity index (χ0) is 16.9. The molecule has 124 valence electrons. The van der Waals surface area contributed by atoms with E-state index in [9.17, 15) is 9.90 Å². The number of hydrogen-bond donors (Lipinski definition) is 1. The Morgan fingerprint density at radius 3 is 2.79 bits per heavy atom. The molecule has 3 aromatic rings. The van der Waals surface area contributed by atoms with Gasteiger partial charge in [0.05, 0.1) is 12.6 Å². The molecule has 1 N–H and O–H groups in total. The molecule has 0 bridgehead atoms. The highest BCUT2D eigenvalue weighted by atomic mass is 16.3. The third-order valence-electron chi connectivity index (χ3n) is 4.10. The standard InChI is InChI=1S/C19H20N2O3/c1-2-16(13-22)21(12-14-6-5-9-20-11-14)19(23)18-10-15-7-3-4-8-17(15)24-18/h3-11,16,22H,2,12-13H2,1H3/t16-/m0/s1. The molecule has 1 aromatic carbocycles. The number of rotatable bonds is 6. The Bertz CT molecular complexity index is 777. The number of aliphatic hydroxyl groups excluding tert-OH is 1. The predicted molar refractivity (Wildman–Crippen MR) is 91.5 cm³/mol. The van der Waals surface area contributed by atoms with Crippen LogP contribution in [0.25, 0.3) is 11.0 Å². The second-order valence-electron chi connectivity index (χ2n) is 5.69. The molecule has 5 nitrogen and oxygen atoms in total. The molecule has 24 heavy (non-hydrogen) atoms. The lowest BCUT2D eigenvalue weighted by molar-refractivity contribution is 0.0534. The average Bonchev–Trinajstić information content (AvgIpc) is 3.06. The molecule has 0 unspecified atom stereocenters. The van der Waals surface area contributed by atoms with Gasteiger partial charge < -0.3 is 14.4 Å². The maximum absolute atomic E-state index is 13.0. The van der Waals surface area contributed by atoms with Crippen LogP contribution in [0.3, 0.4) is 0 Å². The van der Waals surface area contributed by atoms with E-state index in [1.807, 2.05) is 43.3 Å². The first-order chi connectivity index (χ1) is 11.7. The second-order valence-corrected chi connectivity index (χ2v) is 5.69. The van der Waals surface area contributed by atoms with Crippen LogP contribution in [0.2, 0.25) is 0 Å². The summed E-state index contributed by atoms with van der Waals surface area (Å²) in [6.07, 6.45) is 4.07. The number of fused-ring (bicyclic) bond motifs is 1. The van der Waals surface area contributed by atoms with E-state index in [-0.39, 0.29) is 24.3 Å². The van der Waals surface area contributed by atoms with Crippen molar-refractivity contribution in [1.82, 2.24) is 9.88 Å². The first-order valence-corrected chi connectivity index (χ1v) is 8.02. The fourth-order valence-corrected chi connectivity index (χ4v) is 2.73. The summed E-state index contributed by atoms with van der Waals surface area (Å²) in [7, 11) is 0. The van der Waals surface area contributed by atoms with Crippen molar-refractivity contribution in [3.05, 3.63) is 66.2 Å². The lowest BCUT2D eigenvalue weighted by Crippen LogP contribution is -2.41. The van der Waals surface area contributed by atoms with Crippen LogP contribution in [0.4, 0.5) is 0 Å². The van der Waals surface area contributed by atoms with Gasteiger partial charge >= 0.3 is 0 Å². The van der Waals surface area contributed by atoms with Gasteiger partial charge in [0.25, 0.3) is 5.91 Å². The van der Waals surface area contributed by atoms with Crippen LogP contribution in [0.1, 0.15) is 29.5 Å². The van der Waals surface area contributed by atoms with E-state index in [1.54, 1.807) is 23.4 Å². The van der Waals surface area contributed by atoms with Crippen molar-refractivity contribution in [1.29, 1.82) is 0 Å². The molecule has 0 aliphatic rings. The number of pyridine rings is 1. The molecule has 0 saturated carbocycles. The molecule has 0 aliphatic heterocycles. The van der Waals surface area contributed by atoms with Crippen LogP contribution in [0.5, 0.6) is 0 Å². The lowest BCUT2D eigenvalue weighted by Gasteiger charge is -2.29. The molecule has 2 heterocycles. The average molecular weight is 324 g/mol. The van der Waals surface area contributed by atoms with Crippen LogP contribution in [-0.2, 0) is 6.54 Å². The topological polar surface area (TPSA) is 66.6 Å². The quantitative estimate of drug-likeness (QED) is 0.756. The SMILES string of the molecule is CC[C@@H](CO)N(Cc1cccnc1)C(=O)c1cc2ccccc2o1. The minimum atomic E-state index is -0.272. The van der Waals surface area contributed by atoms with Gasteiger partial charge in [-0.25, -0.2) is 0 Å². The Morgan fingerprint density at radius 2 is 2.12 bits per heavy atom. The molecule has 0 spiro atoms. The number of aromatic nitrogens is 1. The molecule has 1 atom stereocenters. The molecule has 0 radical (unpaired) electrons. The minimum Gasteiger partial charge on any atom is -0.451 e. The molecular weight excluding hydrogens is 304 g/mol. The van der Waals surface area contributed by atoms with E-state index >= 15 is 0 Å². The van der Waals surface area contributed by atoms with Gasteiger partial charge in [0.1, 0.15) is 5.58 Å². The highest BCUT2D eigenvalue weighted by Gasteiger charge is 2.26. The van der Waals surface area contributed by atoms with Gasteiger partial charge in [-0.05, 0) is 30.2 Å². The molecule has 0 aliphatic carbocycles. The number of benzene rings is 1. The first-order valence-electron chi connectivity index (χ1n) is 8.02. The largest absolute Gasteiger partial charge is 0.451 e. The van der Waals surface area contributed by atoms with Gasteiger partial charge in [-0.3, -0.25) is 9.78 Å². The Balaban J connectivity index is 1.92. The summed E-state index contributed by atoms with van der Waals surface area (Å²) < 4.78 is 5.70. The maximum Gasteiger partial charge on any atom is 0.290 e. The second kappa shape index (κ2) is 7.27. The van der Waals surface area contributed by atoms with Crippen molar-refractivity contribution < 1.29 is 14.3 Å². The zero-order valence-electron chi connectivity index (χ0n) is 13.6. The van der Waals surface area contributed by atoms with Crippen molar-refractivity contribution in [2.24, 2.45) is 0 Å². The fraction of sp³-hybridized carbons (Fsp3) is 0.263. The first kappa shape index (κ1) is 16.2. The predicted octanol–water partition coefficient (Wildman–Crippen LogP) is 3.24. The van der Waals surface area contributed by atoms with Crippen molar-refractivity contribution in [2.75, 3.05) is 6.61 Å². The molecule has 3 rings (SSSR count). The van der Waals surface area contributed by atoms with Crippen molar-refractivity contribution in [3.63, 3.8) is 0 Å². The van der Waals surface area contributed by atoms with E-state index < -0.39 is 0 Å². The van der Waals surface area contributed by atoms with Gasteiger partial charge in [0.2, 0.25) is 0 Å². The number of carbonyl (C=O) groups is 1. The number of para-hydroxylation sites is 1. The molecule has 1 amide bonds. The molecular formula is C19H20N2O3. The molecule has 0 saturated heterocycles. The van der Waals surface area contributed by atoms with E-state index in [0.29, 0.717) is 18.5 Å². The third kappa shape index (κ3) is 3.31. The van der Waals surface area contributed by atoms with Gasteiger partial charge in [-0.15, -0.1) is 0 Å². The zero-order valence-corrected chi connectivity index (χ0v) is 13.6. The lowest BCUT2D eigenvalue weighted by atomic mass is 10.1. The fourth-order valence-electron chi connectivity index (χ4n) is 2.73. The summed E-state index contributed by atoms with van der Waals surface area (Å²) in [5, 5.41) is 10.6. The Labute approximate surface area is 140 Å². The minimum absolute atomic E-state index is 0.0945.